The Labute approximate surface area is 223 Å². The maximum atomic E-state index is 12.6. The SMILES string of the molecule is CCCC(=O)OC[C@@H](OC(=O)CCC)[C@@H](OC(=O)CCC)[C@H](OC(=O)CCC)[C@@H](OC(=O)CCC)C(=O)O. The fourth-order valence-corrected chi connectivity index (χ4v) is 3.23. The highest BCUT2D eigenvalue weighted by molar-refractivity contribution is 5.80. The van der Waals surface area contributed by atoms with Crippen molar-refractivity contribution < 1.29 is 57.6 Å². The van der Waals surface area contributed by atoms with Crippen LogP contribution in [0.4, 0.5) is 0 Å². The van der Waals surface area contributed by atoms with Gasteiger partial charge in [0.25, 0.3) is 0 Å². The molecule has 38 heavy (non-hydrogen) atoms. The summed E-state index contributed by atoms with van der Waals surface area (Å²) in [6.45, 7) is 7.93. The van der Waals surface area contributed by atoms with Gasteiger partial charge in [0, 0.05) is 32.1 Å². The highest BCUT2D eigenvalue weighted by Gasteiger charge is 2.47. The molecule has 218 valence electrons. The van der Waals surface area contributed by atoms with Crippen molar-refractivity contribution in [1.29, 1.82) is 0 Å². The molecule has 0 aromatic carbocycles. The fourth-order valence-electron chi connectivity index (χ4n) is 3.23. The summed E-state index contributed by atoms with van der Waals surface area (Å²) in [4.78, 5) is 74.1. The Balaban J connectivity index is 6.68. The molecule has 0 aliphatic heterocycles. The number of ether oxygens (including phenoxy) is 5. The number of carbonyl (C=O) groups excluding carboxylic acids is 5. The molecule has 1 N–H and O–H groups in total. The summed E-state index contributed by atoms with van der Waals surface area (Å²) in [6.07, 6.45) is -5.70. The van der Waals surface area contributed by atoms with E-state index in [0.717, 1.165) is 0 Å². The van der Waals surface area contributed by atoms with E-state index < -0.39 is 66.8 Å². The Kier molecular flexibility index (Phi) is 18.2. The minimum atomic E-state index is -2.10. The lowest BCUT2D eigenvalue weighted by Crippen LogP contribution is -2.55. The molecule has 0 unspecified atom stereocenters. The molecule has 0 radical (unpaired) electrons. The lowest BCUT2D eigenvalue weighted by atomic mass is 10.0. The van der Waals surface area contributed by atoms with E-state index >= 15 is 0 Å². The van der Waals surface area contributed by atoms with Crippen LogP contribution in [0.25, 0.3) is 0 Å². The average molecular weight is 547 g/mol. The molecule has 12 heteroatoms. The summed E-state index contributed by atoms with van der Waals surface area (Å²) in [5.74, 6) is -5.60. The Hall–Kier alpha value is -3.18. The van der Waals surface area contributed by atoms with Crippen LogP contribution < -0.4 is 0 Å². The quantitative estimate of drug-likeness (QED) is 0.175. The van der Waals surface area contributed by atoms with Gasteiger partial charge in [-0.1, -0.05) is 34.6 Å². The van der Waals surface area contributed by atoms with Crippen molar-refractivity contribution in [2.45, 2.75) is 123 Å². The Morgan fingerprint density at radius 3 is 1.32 bits per heavy atom. The summed E-state index contributed by atoms with van der Waals surface area (Å²) < 4.78 is 26.7. The number of aliphatic carboxylic acids is 1. The van der Waals surface area contributed by atoms with Crippen molar-refractivity contribution in [1.82, 2.24) is 0 Å². The first-order chi connectivity index (χ1) is 18.0. The van der Waals surface area contributed by atoms with Gasteiger partial charge >= 0.3 is 35.8 Å². The van der Waals surface area contributed by atoms with Crippen molar-refractivity contribution in [3.05, 3.63) is 0 Å². The van der Waals surface area contributed by atoms with Gasteiger partial charge in [-0.05, 0) is 32.1 Å². The predicted molar refractivity (Wildman–Crippen MR) is 133 cm³/mol. The van der Waals surface area contributed by atoms with Crippen LogP contribution in [-0.2, 0) is 52.5 Å². The number of carbonyl (C=O) groups is 6. The van der Waals surface area contributed by atoms with Crippen LogP contribution in [0.1, 0.15) is 98.8 Å². The van der Waals surface area contributed by atoms with Gasteiger partial charge in [0.05, 0.1) is 0 Å². The monoisotopic (exact) mass is 546 g/mol. The van der Waals surface area contributed by atoms with Crippen LogP contribution in [-0.4, -0.2) is 71.9 Å². The van der Waals surface area contributed by atoms with E-state index in [1.165, 1.54) is 0 Å². The molecule has 0 aliphatic rings. The van der Waals surface area contributed by atoms with Crippen molar-refractivity contribution in [2.24, 2.45) is 0 Å². The molecule has 0 saturated heterocycles. The fraction of sp³-hybridized carbons (Fsp3) is 0.769. The van der Waals surface area contributed by atoms with E-state index in [1.54, 1.807) is 34.6 Å². The highest BCUT2D eigenvalue weighted by Crippen LogP contribution is 2.22. The van der Waals surface area contributed by atoms with Gasteiger partial charge in [-0.25, -0.2) is 4.79 Å². The zero-order chi connectivity index (χ0) is 29.1. The van der Waals surface area contributed by atoms with Crippen LogP contribution >= 0.6 is 0 Å². The molecule has 0 saturated carbocycles. The summed E-state index contributed by atoms with van der Waals surface area (Å²) in [6, 6.07) is 0. The molecule has 0 bridgehead atoms. The van der Waals surface area contributed by atoms with E-state index in [4.69, 9.17) is 23.7 Å². The van der Waals surface area contributed by atoms with Crippen molar-refractivity contribution >= 4 is 35.8 Å². The van der Waals surface area contributed by atoms with Gasteiger partial charge in [0.15, 0.2) is 18.3 Å². The second-order valence-electron chi connectivity index (χ2n) is 8.62. The lowest BCUT2D eigenvalue weighted by molar-refractivity contribution is -0.209. The minimum Gasteiger partial charge on any atom is -0.478 e. The highest BCUT2D eigenvalue weighted by atomic mass is 16.6. The van der Waals surface area contributed by atoms with Gasteiger partial charge in [0.1, 0.15) is 6.61 Å². The second-order valence-corrected chi connectivity index (χ2v) is 8.62. The summed E-state index contributed by atoms with van der Waals surface area (Å²) >= 11 is 0. The van der Waals surface area contributed by atoms with Crippen molar-refractivity contribution in [3.63, 3.8) is 0 Å². The predicted octanol–water partition coefficient (Wildman–Crippen LogP) is 3.26. The number of esters is 5. The normalized spacial score (nSPS) is 13.8. The minimum absolute atomic E-state index is 0.0385. The van der Waals surface area contributed by atoms with Crippen LogP contribution in [0.5, 0.6) is 0 Å². The van der Waals surface area contributed by atoms with Gasteiger partial charge in [-0.3, -0.25) is 24.0 Å². The van der Waals surface area contributed by atoms with E-state index in [-0.39, 0.29) is 32.1 Å². The van der Waals surface area contributed by atoms with Crippen LogP contribution in [0.15, 0.2) is 0 Å². The molecule has 0 rings (SSSR count). The third-order valence-corrected chi connectivity index (χ3v) is 4.99. The molecular weight excluding hydrogens is 504 g/mol. The third kappa shape index (κ3) is 13.9. The van der Waals surface area contributed by atoms with Crippen molar-refractivity contribution in [2.75, 3.05) is 6.61 Å². The largest absolute Gasteiger partial charge is 0.478 e. The molecule has 0 fully saturated rings. The smallest absolute Gasteiger partial charge is 0.349 e. The van der Waals surface area contributed by atoms with E-state index in [2.05, 4.69) is 0 Å². The molecule has 0 spiro atoms. The molecule has 0 aromatic rings. The molecule has 12 nitrogen and oxygen atoms in total. The van der Waals surface area contributed by atoms with Gasteiger partial charge in [-0.2, -0.15) is 0 Å². The Morgan fingerprint density at radius 1 is 0.526 bits per heavy atom. The lowest BCUT2D eigenvalue weighted by Gasteiger charge is -2.34. The number of carboxylic acid groups (broad SMARTS) is 1. The number of rotatable bonds is 20. The maximum absolute atomic E-state index is 12.6. The zero-order valence-corrected chi connectivity index (χ0v) is 23.0. The first-order valence-corrected chi connectivity index (χ1v) is 13.2. The van der Waals surface area contributed by atoms with E-state index in [0.29, 0.717) is 32.1 Å². The van der Waals surface area contributed by atoms with Crippen molar-refractivity contribution in [3.8, 4) is 0 Å². The van der Waals surface area contributed by atoms with Gasteiger partial charge in [0.2, 0.25) is 6.10 Å². The number of hydrogen-bond donors (Lipinski definition) is 1. The standard InChI is InChI=1S/C26H42O12/c1-6-11-18(27)34-16-17(35-19(28)12-7-2)23(36-20(29)13-8-3)24(37-21(30)14-9-4)25(26(32)33)38-22(31)15-10-5/h17,23-25H,6-16H2,1-5H3,(H,32,33)/t17-,23-,24+,25-/m1/s1. The first kappa shape index (κ1) is 34.8. The topological polar surface area (TPSA) is 169 Å². The van der Waals surface area contributed by atoms with Crippen LogP contribution in [0.2, 0.25) is 0 Å². The van der Waals surface area contributed by atoms with Gasteiger partial charge < -0.3 is 28.8 Å². The molecule has 4 atom stereocenters. The number of hydrogen-bond acceptors (Lipinski definition) is 11. The zero-order valence-electron chi connectivity index (χ0n) is 23.0. The second kappa shape index (κ2) is 19.9. The summed E-state index contributed by atoms with van der Waals surface area (Å²) in [5.41, 5.74) is 0. The molecular formula is C26H42O12. The molecule has 0 heterocycles. The van der Waals surface area contributed by atoms with Crippen LogP contribution in [0, 0.1) is 0 Å². The maximum Gasteiger partial charge on any atom is 0.349 e. The number of carboxylic acids is 1. The van der Waals surface area contributed by atoms with Gasteiger partial charge in [-0.15, -0.1) is 0 Å². The third-order valence-electron chi connectivity index (χ3n) is 4.99. The molecule has 0 aliphatic carbocycles. The molecule has 0 aromatic heterocycles. The summed E-state index contributed by atoms with van der Waals surface area (Å²) in [5, 5.41) is 9.92. The molecule has 0 amide bonds. The average Bonchev–Trinajstić information content (AvgIpc) is 2.83. The Morgan fingerprint density at radius 2 is 0.895 bits per heavy atom. The van der Waals surface area contributed by atoms with E-state index in [9.17, 15) is 33.9 Å². The summed E-state index contributed by atoms with van der Waals surface area (Å²) in [7, 11) is 0. The first-order valence-electron chi connectivity index (χ1n) is 13.2. The van der Waals surface area contributed by atoms with Crippen LogP contribution in [0.3, 0.4) is 0 Å². The van der Waals surface area contributed by atoms with E-state index in [1.807, 2.05) is 0 Å². The Bertz CT molecular complexity index is 778.